The second kappa shape index (κ2) is 4.21. The topological polar surface area (TPSA) is 58.2 Å². The van der Waals surface area contributed by atoms with Crippen LogP contribution in [-0.2, 0) is 9.59 Å². The molecule has 1 atom stereocenters. The first-order valence-electron chi connectivity index (χ1n) is 4.20. The van der Waals surface area contributed by atoms with E-state index in [2.05, 4.69) is 10.6 Å². The summed E-state index contributed by atoms with van der Waals surface area (Å²) in [5.74, 6) is 0.00505. The molecule has 1 rings (SSSR count). The Balaban J connectivity index is 2.47. The maximum absolute atomic E-state index is 11.3. The highest BCUT2D eigenvalue weighted by molar-refractivity contribution is 5.88. The van der Waals surface area contributed by atoms with Crippen LogP contribution in [0.5, 0.6) is 0 Å². The largest absolute Gasteiger partial charge is 0.346 e. The van der Waals surface area contributed by atoms with Gasteiger partial charge in [0.15, 0.2) is 5.78 Å². The van der Waals surface area contributed by atoms with Crippen molar-refractivity contribution < 1.29 is 9.59 Å². The van der Waals surface area contributed by atoms with E-state index in [1.807, 2.05) is 0 Å². The second-order valence-corrected chi connectivity index (χ2v) is 3.01. The number of ketones is 1. The zero-order chi connectivity index (χ0) is 8.97. The van der Waals surface area contributed by atoms with Crippen LogP contribution >= 0.6 is 0 Å². The van der Waals surface area contributed by atoms with Gasteiger partial charge in [0, 0.05) is 19.9 Å². The van der Waals surface area contributed by atoms with E-state index in [1.165, 1.54) is 6.92 Å². The molecule has 1 aliphatic rings. The SMILES string of the molecule is CC(=O)NC1CCNCCC1=O. The fourth-order valence-corrected chi connectivity index (χ4v) is 1.32. The molecule has 0 saturated carbocycles. The smallest absolute Gasteiger partial charge is 0.217 e. The fourth-order valence-electron chi connectivity index (χ4n) is 1.32. The minimum atomic E-state index is -0.266. The quantitative estimate of drug-likeness (QED) is 0.555. The van der Waals surface area contributed by atoms with Gasteiger partial charge in [0.1, 0.15) is 0 Å². The summed E-state index contributed by atoms with van der Waals surface area (Å²) in [5, 5.41) is 5.75. The van der Waals surface area contributed by atoms with Gasteiger partial charge in [0.2, 0.25) is 5.91 Å². The van der Waals surface area contributed by atoms with Gasteiger partial charge in [0.25, 0.3) is 0 Å². The molecule has 0 spiro atoms. The molecule has 1 heterocycles. The molecule has 0 aromatic carbocycles. The summed E-state index contributed by atoms with van der Waals surface area (Å²) in [6.07, 6.45) is 1.23. The Morgan fingerprint density at radius 1 is 1.58 bits per heavy atom. The van der Waals surface area contributed by atoms with Crippen LogP contribution in [0, 0.1) is 0 Å². The predicted molar refractivity (Wildman–Crippen MR) is 44.7 cm³/mol. The lowest BCUT2D eigenvalue weighted by atomic mass is 10.1. The highest BCUT2D eigenvalue weighted by atomic mass is 16.2. The molecular formula is C8H14N2O2. The van der Waals surface area contributed by atoms with E-state index < -0.39 is 0 Å². The van der Waals surface area contributed by atoms with Crippen LogP contribution < -0.4 is 10.6 Å². The summed E-state index contributed by atoms with van der Waals surface area (Å²) in [5.41, 5.74) is 0. The van der Waals surface area contributed by atoms with Gasteiger partial charge in [-0.3, -0.25) is 9.59 Å². The molecule has 68 valence electrons. The summed E-state index contributed by atoms with van der Waals surface area (Å²) in [6, 6.07) is -0.266. The Hall–Kier alpha value is -0.900. The van der Waals surface area contributed by atoms with Crippen molar-refractivity contribution in [1.82, 2.24) is 10.6 Å². The van der Waals surface area contributed by atoms with Crippen molar-refractivity contribution in [2.45, 2.75) is 25.8 Å². The number of carbonyl (C=O) groups is 2. The van der Waals surface area contributed by atoms with Crippen LogP contribution in [0.3, 0.4) is 0 Å². The van der Waals surface area contributed by atoms with Crippen LogP contribution in [0.2, 0.25) is 0 Å². The molecule has 1 aliphatic heterocycles. The van der Waals surface area contributed by atoms with Gasteiger partial charge >= 0.3 is 0 Å². The Morgan fingerprint density at radius 2 is 2.33 bits per heavy atom. The van der Waals surface area contributed by atoms with E-state index in [9.17, 15) is 9.59 Å². The van der Waals surface area contributed by atoms with Gasteiger partial charge < -0.3 is 10.6 Å². The van der Waals surface area contributed by atoms with E-state index in [0.29, 0.717) is 12.8 Å². The molecule has 1 unspecified atom stereocenters. The molecule has 0 aliphatic carbocycles. The van der Waals surface area contributed by atoms with Crippen molar-refractivity contribution in [2.75, 3.05) is 13.1 Å². The number of nitrogens with one attached hydrogen (secondary N) is 2. The number of hydrogen-bond acceptors (Lipinski definition) is 3. The van der Waals surface area contributed by atoms with Crippen molar-refractivity contribution in [3.05, 3.63) is 0 Å². The normalized spacial score (nSPS) is 24.8. The Kier molecular flexibility index (Phi) is 3.22. The lowest BCUT2D eigenvalue weighted by Gasteiger charge is -2.12. The number of rotatable bonds is 1. The lowest BCUT2D eigenvalue weighted by Crippen LogP contribution is -2.39. The first-order valence-corrected chi connectivity index (χ1v) is 4.20. The molecule has 1 saturated heterocycles. The summed E-state index contributed by atoms with van der Waals surface area (Å²) in [7, 11) is 0. The van der Waals surface area contributed by atoms with Crippen LogP contribution in [0.4, 0.5) is 0 Å². The van der Waals surface area contributed by atoms with Crippen molar-refractivity contribution in [1.29, 1.82) is 0 Å². The first kappa shape index (κ1) is 9.19. The first-order chi connectivity index (χ1) is 5.70. The predicted octanol–water partition coefficient (Wildman–Crippen LogP) is -0.556. The number of carbonyl (C=O) groups excluding carboxylic acids is 2. The Labute approximate surface area is 71.7 Å². The van der Waals surface area contributed by atoms with Gasteiger partial charge in [-0.15, -0.1) is 0 Å². The third kappa shape index (κ3) is 2.62. The van der Waals surface area contributed by atoms with Crippen LogP contribution in [-0.4, -0.2) is 30.8 Å². The number of amides is 1. The zero-order valence-corrected chi connectivity index (χ0v) is 7.22. The summed E-state index contributed by atoms with van der Waals surface area (Å²) < 4.78 is 0. The van der Waals surface area contributed by atoms with Gasteiger partial charge in [-0.25, -0.2) is 0 Å². The van der Waals surface area contributed by atoms with E-state index in [0.717, 1.165) is 13.1 Å². The molecule has 2 N–H and O–H groups in total. The number of hydrogen-bond donors (Lipinski definition) is 2. The van der Waals surface area contributed by atoms with E-state index in [4.69, 9.17) is 0 Å². The molecule has 12 heavy (non-hydrogen) atoms. The van der Waals surface area contributed by atoms with E-state index >= 15 is 0 Å². The molecule has 4 nitrogen and oxygen atoms in total. The van der Waals surface area contributed by atoms with Crippen LogP contribution in [0.15, 0.2) is 0 Å². The minimum Gasteiger partial charge on any atom is -0.346 e. The summed E-state index contributed by atoms with van der Waals surface area (Å²) in [4.78, 5) is 22.0. The average Bonchev–Trinajstić information content (AvgIpc) is 2.16. The Bertz CT molecular complexity index is 191. The van der Waals surface area contributed by atoms with E-state index in [-0.39, 0.29) is 17.7 Å². The molecule has 1 fully saturated rings. The average molecular weight is 170 g/mol. The van der Waals surface area contributed by atoms with Crippen LogP contribution in [0.1, 0.15) is 19.8 Å². The van der Waals surface area contributed by atoms with Crippen molar-refractivity contribution in [2.24, 2.45) is 0 Å². The zero-order valence-electron chi connectivity index (χ0n) is 7.22. The third-order valence-corrected chi connectivity index (χ3v) is 1.92. The maximum atomic E-state index is 11.3. The van der Waals surface area contributed by atoms with Crippen molar-refractivity contribution in [3.8, 4) is 0 Å². The van der Waals surface area contributed by atoms with Crippen molar-refractivity contribution >= 4 is 11.7 Å². The van der Waals surface area contributed by atoms with Gasteiger partial charge in [-0.05, 0) is 13.0 Å². The van der Waals surface area contributed by atoms with Gasteiger partial charge in [-0.1, -0.05) is 0 Å². The Morgan fingerprint density at radius 3 is 3.00 bits per heavy atom. The minimum absolute atomic E-state index is 0.129. The fraction of sp³-hybridized carbons (Fsp3) is 0.750. The highest BCUT2D eigenvalue weighted by Gasteiger charge is 2.20. The molecule has 0 radical (unpaired) electrons. The molecular weight excluding hydrogens is 156 g/mol. The molecule has 0 aromatic heterocycles. The monoisotopic (exact) mass is 170 g/mol. The third-order valence-electron chi connectivity index (χ3n) is 1.92. The second-order valence-electron chi connectivity index (χ2n) is 3.01. The summed E-state index contributed by atoms with van der Waals surface area (Å²) in [6.45, 7) is 2.97. The van der Waals surface area contributed by atoms with Crippen molar-refractivity contribution in [3.63, 3.8) is 0 Å². The summed E-state index contributed by atoms with van der Waals surface area (Å²) >= 11 is 0. The standard InChI is InChI=1S/C8H14N2O2/c1-6(11)10-7-2-4-9-5-3-8(7)12/h7,9H,2-5H2,1H3,(H,10,11). The van der Waals surface area contributed by atoms with Crippen LogP contribution in [0.25, 0.3) is 0 Å². The van der Waals surface area contributed by atoms with E-state index in [1.54, 1.807) is 0 Å². The molecule has 1 amide bonds. The van der Waals surface area contributed by atoms with Gasteiger partial charge in [0.05, 0.1) is 6.04 Å². The number of Topliss-reactive ketones (excluding diaryl/α,β-unsaturated/α-hetero) is 1. The maximum Gasteiger partial charge on any atom is 0.217 e. The molecule has 0 bridgehead atoms. The highest BCUT2D eigenvalue weighted by Crippen LogP contribution is 2.00. The lowest BCUT2D eigenvalue weighted by molar-refractivity contribution is -0.126. The molecule has 0 aromatic rings. The molecule has 4 heteroatoms. The van der Waals surface area contributed by atoms with Gasteiger partial charge in [-0.2, -0.15) is 0 Å².